The second-order valence-electron chi connectivity index (χ2n) is 4.42. The number of halogens is 2. The molecule has 0 saturated heterocycles. The Balaban J connectivity index is 2.12. The molecule has 19 heavy (non-hydrogen) atoms. The van der Waals surface area contributed by atoms with Gasteiger partial charge in [0.15, 0.2) is 0 Å². The molecule has 4 nitrogen and oxygen atoms in total. The molecular formula is C13H16F2N4. The van der Waals surface area contributed by atoms with Gasteiger partial charge in [0.05, 0.1) is 12.2 Å². The van der Waals surface area contributed by atoms with Gasteiger partial charge in [-0.3, -0.25) is 16.0 Å². The number of nitrogens with two attached hydrogens (primary N) is 1. The number of rotatable bonds is 5. The summed E-state index contributed by atoms with van der Waals surface area (Å²) in [6.45, 7) is 0. The number of hydrogen-bond donors (Lipinski definition) is 2. The lowest BCUT2D eigenvalue weighted by Crippen LogP contribution is -2.30. The molecule has 0 radical (unpaired) electrons. The Morgan fingerprint density at radius 2 is 2.05 bits per heavy atom. The third kappa shape index (κ3) is 3.15. The van der Waals surface area contributed by atoms with Crippen molar-refractivity contribution in [2.75, 3.05) is 0 Å². The van der Waals surface area contributed by atoms with Crippen molar-refractivity contribution in [3.05, 3.63) is 53.4 Å². The normalized spacial score (nSPS) is 12.6. The highest BCUT2D eigenvalue weighted by atomic mass is 19.1. The summed E-state index contributed by atoms with van der Waals surface area (Å²) in [6.07, 6.45) is 4.72. The second-order valence-corrected chi connectivity index (χ2v) is 4.42. The Kier molecular flexibility index (Phi) is 4.24. The molecule has 0 amide bonds. The quantitative estimate of drug-likeness (QED) is 0.641. The smallest absolute Gasteiger partial charge is 0.130 e. The van der Waals surface area contributed by atoms with E-state index in [2.05, 4.69) is 10.5 Å². The highest BCUT2D eigenvalue weighted by Gasteiger charge is 2.18. The van der Waals surface area contributed by atoms with E-state index in [0.29, 0.717) is 12.8 Å². The average molecular weight is 266 g/mol. The molecule has 1 aromatic heterocycles. The Morgan fingerprint density at radius 1 is 1.37 bits per heavy atom. The largest absolute Gasteiger partial charge is 0.276 e. The molecule has 1 atom stereocenters. The summed E-state index contributed by atoms with van der Waals surface area (Å²) < 4.78 is 29.0. The van der Waals surface area contributed by atoms with Crippen molar-refractivity contribution in [2.45, 2.75) is 18.9 Å². The Labute approximate surface area is 110 Å². The number of aromatic nitrogens is 2. The predicted octanol–water partition coefficient (Wildman–Crippen LogP) is 1.84. The number of benzene rings is 1. The van der Waals surface area contributed by atoms with E-state index < -0.39 is 17.7 Å². The number of hydrazine groups is 1. The van der Waals surface area contributed by atoms with Gasteiger partial charge in [0.2, 0.25) is 0 Å². The van der Waals surface area contributed by atoms with Crippen LogP contribution in [0.15, 0.2) is 30.6 Å². The van der Waals surface area contributed by atoms with Crippen LogP contribution in [0, 0.1) is 11.6 Å². The standard InChI is InChI=1S/C13H16F2N4/c1-19-8-9(7-17-19)5-6-12(18-16)13-10(14)3-2-4-11(13)15/h2-4,7-8,12,18H,5-6,16H2,1H3. The minimum atomic E-state index is -0.589. The highest BCUT2D eigenvalue weighted by molar-refractivity contribution is 5.23. The molecule has 1 aromatic carbocycles. The molecule has 3 N–H and O–H groups in total. The van der Waals surface area contributed by atoms with Crippen LogP contribution < -0.4 is 11.3 Å². The van der Waals surface area contributed by atoms with Crippen LogP contribution in [0.4, 0.5) is 8.78 Å². The summed E-state index contributed by atoms with van der Waals surface area (Å²) >= 11 is 0. The first kappa shape index (κ1) is 13.6. The molecule has 0 aliphatic heterocycles. The van der Waals surface area contributed by atoms with E-state index in [1.807, 2.05) is 13.2 Å². The Bertz CT molecular complexity index is 533. The molecule has 0 aliphatic rings. The summed E-state index contributed by atoms with van der Waals surface area (Å²) in [5.74, 6) is 4.23. The van der Waals surface area contributed by atoms with Crippen molar-refractivity contribution in [1.82, 2.24) is 15.2 Å². The lowest BCUT2D eigenvalue weighted by molar-refractivity contribution is 0.454. The minimum absolute atomic E-state index is 0.0195. The van der Waals surface area contributed by atoms with Crippen molar-refractivity contribution in [1.29, 1.82) is 0 Å². The fourth-order valence-corrected chi connectivity index (χ4v) is 2.07. The summed E-state index contributed by atoms with van der Waals surface area (Å²) in [6, 6.07) is 3.23. The molecule has 2 rings (SSSR count). The zero-order valence-corrected chi connectivity index (χ0v) is 10.6. The minimum Gasteiger partial charge on any atom is -0.276 e. The zero-order chi connectivity index (χ0) is 13.8. The van der Waals surface area contributed by atoms with Gasteiger partial charge < -0.3 is 0 Å². The van der Waals surface area contributed by atoms with E-state index in [1.165, 1.54) is 18.2 Å². The molecule has 1 unspecified atom stereocenters. The third-order valence-electron chi connectivity index (χ3n) is 3.03. The number of aryl methyl sites for hydroxylation is 2. The molecule has 102 valence electrons. The molecule has 2 aromatic rings. The van der Waals surface area contributed by atoms with Gasteiger partial charge in [-0.15, -0.1) is 0 Å². The van der Waals surface area contributed by atoms with Crippen molar-refractivity contribution in [2.24, 2.45) is 12.9 Å². The van der Waals surface area contributed by atoms with Crippen LogP contribution in [0.2, 0.25) is 0 Å². The molecular weight excluding hydrogens is 250 g/mol. The van der Waals surface area contributed by atoms with Crippen LogP contribution in [-0.2, 0) is 13.5 Å². The maximum atomic E-state index is 13.7. The van der Waals surface area contributed by atoms with Crippen molar-refractivity contribution in [3.8, 4) is 0 Å². The Morgan fingerprint density at radius 3 is 2.58 bits per heavy atom. The van der Waals surface area contributed by atoms with Gasteiger partial charge in [-0.25, -0.2) is 8.78 Å². The summed E-state index contributed by atoms with van der Waals surface area (Å²) in [5.41, 5.74) is 3.45. The molecule has 0 fully saturated rings. The predicted molar refractivity (Wildman–Crippen MR) is 68.0 cm³/mol. The number of hydrogen-bond acceptors (Lipinski definition) is 3. The monoisotopic (exact) mass is 266 g/mol. The molecule has 0 bridgehead atoms. The first-order valence-electron chi connectivity index (χ1n) is 5.99. The fraction of sp³-hybridized carbons (Fsp3) is 0.308. The Hall–Kier alpha value is -1.79. The summed E-state index contributed by atoms with van der Waals surface area (Å²) in [5, 5.41) is 4.05. The van der Waals surface area contributed by atoms with E-state index in [-0.39, 0.29) is 5.56 Å². The van der Waals surface area contributed by atoms with Crippen molar-refractivity contribution in [3.63, 3.8) is 0 Å². The van der Waals surface area contributed by atoms with Gasteiger partial charge in [-0.1, -0.05) is 6.07 Å². The average Bonchev–Trinajstić information content (AvgIpc) is 2.79. The van der Waals surface area contributed by atoms with Gasteiger partial charge >= 0.3 is 0 Å². The molecule has 0 spiro atoms. The van der Waals surface area contributed by atoms with Gasteiger partial charge in [0.1, 0.15) is 11.6 Å². The maximum absolute atomic E-state index is 13.7. The van der Waals surface area contributed by atoms with Crippen LogP contribution in [0.1, 0.15) is 23.6 Å². The SMILES string of the molecule is Cn1cc(CCC(NN)c2c(F)cccc2F)cn1. The van der Waals surface area contributed by atoms with Crippen molar-refractivity contribution >= 4 is 0 Å². The van der Waals surface area contributed by atoms with E-state index in [1.54, 1.807) is 10.9 Å². The van der Waals surface area contributed by atoms with E-state index in [0.717, 1.165) is 5.56 Å². The van der Waals surface area contributed by atoms with Crippen molar-refractivity contribution < 1.29 is 8.78 Å². The number of nitrogens with one attached hydrogen (secondary N) is 1. The summed E-state index contributed by atoms with van der Waals surface area (Å²) in [4.78, 5) is 0. The van der Waals surface area contributed by atoms with Crippen LogP contribution in [0.25, 0.3) is 0 Å². The highest BCUT2D eigenvalue weighted by Crippen LogP contribution is 2.24. The van der Waals surface area contributed by atoms with Crippen LogP contribution in [-0.4, -0.2) is 9.78 Å². The van der Waals surface area contributed by atoms with Gasteiger partial charge in [0, 0.05) is 18.8 Å². The molecule has 1 heterocycles. The molecule has 6 heteroatoms. The fourth-order valence-electron chi connectivity index (χ4n) is 2.07. The van der Waals surface area contributed by atoms with E-state index in [9.17, 15) is 8.78 Å². The maximum Gasteiger partial charge on any atom is 0.130 e. The van der Waals surface area contributed by atoms with Crippen LogP contribution in [0.5, 0.6) is 0 Å². The van der Waals surface area contributed by atoms with E-state index >= 15 is 0 Å². The number of nitrogens with zero attached hydrogens (tertiary/aromatic N) is 2. The van der Waals surface area contributed by atoms with E-state index in [4.69, 9.17) is 5.84 Å². The van der Waals surface area contributed by atoms with Gasteiger partial charge in [-0.05, 0) is 30.5 Å². The van der Waals surface area contributed by atoms with Crippen LogP contribution in [0.3, 0.4) is 0 Å². The second kappa shape index (κ2) is 5.90. The van der Waals surface area contributed by atoms with Gasteiger partial charge in [0.25, 0.3) is 0 Å². The topological polar surface area (TPSA) is 55.9 Å². The first-order valence-corrected chi connectivity index (χ1v) is 5.99. The lowest BCUT2D eigenvalue weighted by Gasteiger charge is -2.17. The first-order chi connectivity index (χ1) is 9.11. The molecule has 0 saturated carbocycles. The zero-order valence-electron chi connectivity index (χ0n) is 10.6. The van der Waals surface area contributed by atoms with Crippen LogP contribution >= 0.6 is 0 Å². The lowest BCUT2D eigenvalue weighted by atomic mass is 9.99. The third-order valence-corrected chi connectivity index (χ3v) is 3.03. The molecule has 0 aliphatic carbocycles. The van der Waals surface area contributed by atoms with Gasteiger partial charge in [-0.2, -0.15) is 5.10 Å². The summed E-state index contributed by atoms with van der Waals surface area (Å²) in [7, 11) is 1.82.